The Morgan fingerprint density at radius 3 is 2.55 bits per heavy atom. The highest BCUT2D eigenvalue weighted by Gasteiger charge is 2.27. The Morgan fingerprint density at radius 1 is 1.35 bits per heavy atom. The second kappa shape index (κ2) is 6.64. The molecule has 1 unspecified atom stereocenters. The molecule has 0 bridgehead atoms. The first kappa shape index (κ1) is 15.4. The molecule has 2 rings (SSSR count). The van der Waals surface area contributed by atoms with Gasteiger partial charge >= 0.3 is 0 Å². The molecule has 0 amide bonds. The van der Waals surface area contributed by atoms with E-state index in [9.17, 15) is 4.39 Å². The summed E-state index contributed by atoms with van der Waals surface area (Å²) in [4.78, 5) is 2.73. The maximum Gasteiger partial charge on any atom is 0.126 e. The average molecular weight is 294 g/mol. The number of nitrogens with zero attached hydrogens (tertiary/aromatic N) is 1. The van der Waals surface area contributed by atoms with Crippen molar-refractivity contribution in [3.05, 3.63) is 35.1 Å². The van der Waals surface area contributed by atoms with Crippen LogP contribution < -0.4 is 5.73 Å². The third-order valence-corrected chi connectivity index (χ3v) is 4.55. The molecule has 1 aromatic carbocycles. The Bertz CT molecular complexity index is 483. The molecule has 1 saturated carbocycles. The summed E-state index contributed by atoms with van der Waals surface area (Å²) in [6, 6.07) is 5.57. The number of halogens is 1. The van der Waals surface area contributed by atoms with Gasteiger partial charge < -0.3 is 5.73 Å². The summed E-state index contributed by atoms with van der Waals surface area (Å²) in [5.41, 5.74) is 7.59. The van der Waals surface area contributed by atoms with E-state index in [4.69, 9.17) is 18.0 Å². The first-order valence-corrected chi connectivity index (χ1v) is 7.69. The molecule has 0 spiro atoms. The summed E-state index contributed by atoms with van der Waals surface area (Å²) < 4.78 is 13.4. The van der Waals surface area contributed by atoms with Gasteiger partial charge in [0, 0.05) is 6.04 Å². The van der Waals surface area contributed by atoms with Gasteiger partial charge in [0.05, 0.1) is 11.0 Å². The summed E-state index contributed by atoms with van der Waals surface area (Å²) in [7, 11) is 2.08. The molecule has 0 heterocycles. The van der Waals surface area contributed by atoms with Crippen LogP contribution in [-0.4, -0.2) is 23.0 Å². The molecule has 1 atom stereocenters. The predicted octanol–water partition coefficient (Wildman–Crippen LogP) is 3.73. The van der Waals surface area contributed by atoms with Crippen LogP contribution in [0.25, 0.3) is 0 Å². The number of aryl methyl sites for hydroxylation is 1. The van der Waals surface area contributed by atoms with Crippen molar-refractivity contribution in [1.29, 1.82) is 0 Å². The Hall–Kier alpha value is -1.00. The molecule has 4 heteroatoms. The smallest absolute Gasteiger partial charge is 0.126 e. The van der Waals surface area contributed by atoms with Crippen molar-refractivity contribution in [2.24, 2.45) is 5.73 Å². The Balaban J connectivity index is 2.25. The summed E-state index contributed by atoms with van der Waals surface area (Å²) in [5, 5.41) is 0. The summed E-state index contributed by atoms with van der Waals surface area (Å²) in [6.07, 6.45) is 6.23. The van der Waals surface area contributed by atoms with E-state index in [1.54, 1.807) is 13.0 Å². The van der Waals surface area contributed by atoms with E-state index in [0.717, 1.165) is 5.56 Å². The zero-order valence-electron chi connectivity index (χ0n) is 12.2. The fraction of sp³-hybridized carbons (Fsp3) is 0.562. The Kier molecular flexibility index (Phi) is 5.11. The number of benzene rings is 1. The minimum absolute atomic E-state index is 0.104. The SMILES string of the molecule is Cc1cc(C(C(N)=S)N(C)C2CCCCC2)ccc1F. The molecular weight excluding hydrogens is 271 g/mol. The fourth-order valence-corrected chi connectivity index (χ4v) is 3.44. The number of rotatable bonds is 4. The van der Waals surface area contributed by atoms with Crippen molar-refractivity contribution in [3.8, 4) is 0 Å². The minimum Gasteiger partial charge on any atom is -0.392 e. The lowest BCUT2D eigenvalue weighted by molar-refractivity contribution is 0.170. The molecule has 2 nitrogen and oxygen atoms in total. The highest BCUT2D eigenvalue weighted by Crippen LogP contribution is 2.30. The molecular formula is C16H23FN2S. The van der Waals surface area contributed by atoms with Gasteiger partial charge in [-0.1, -0.05) is 43.6 Å². The lowest BCUT2D eigenvalue weighted by atomic mass is 9.92. The van der Waals surface area contributed by atoms with E-state index in [1.165, 1.54) is 38.2 Å². The van der Waals surface area contributed by atoms with Gasteiger partial charge in [0.2, 0.25) is 0 Å². The zero-order chi connectivity index (χ0) is 14.7. The molecule has 2 N–H and O–H groups in total. The largest absolute Gasteiger partial charge is 0.392 e. The Morgan fingerprint density at radius 2 is 2.00 bits per heavy atom. The van der Waals surface area contributed by atoms with Crippen molar-refractivity contribution < 1.29 is 4.39 Å². The average Bonchev–Trinajstić information content (AvgIpc) is 2.43. The monoisotopic (exact) mass is 294 g/mol. The quantitative estimate of drug-likeness (QED) is 0.858. The van der Waals surface area contributed by atoms with Crippen LogP contribution in [0, 0.1) is 12.7 Å². The van der Waals surface area contributed by atoms with Crippen LogP contribution in [0.15, 0.2) is 18.2 Å². The summed E-state index contributed by atoms with van der Waals surface area (Å²) >= 11 is 5.26. The number of nitrogens with two attached hydrogens (primary N) is 1. The summed E-state index contributed by atoms with van der Waals surface area (Å²) in [5.74, 6) is -0.184. The second-order valence-electron chi connectivity index (χ2n) is 5.77. The number of hydrogen-bond donors (Lipinski definition) is 1. The normalized spacial score (nSPS) is 18.2. The highest BCUT2D eigenvalue weighted by molar-refractivity contribution is 7.80. The van der Waals surface area contributed by atoms with Gasteiger partial charge in [0.15, 0.2) is 0 Å². The first-order valence-electron chi connectivity index (χ1n) is 7.28. The van der Waals surface area contributed by atoms with Crippen LogP contribution in [0.5, 0.6) is 0 Å². The number of thiocarbonyl (C=S) groups is 1. The highest BCUT2D eigenvalue weighted by atomic mass is 32.1. The zero-order valence-corrected chi connectivity index (χ0v) is 13.0. The molecule has 0 aromatic heterocycles. The number of hydrogen-bond acceptors (Lipinski definition) is 2. The third-order valence-electron chi connectivity index (χ3n) is 4.33. The van der Waals surface area contributed by atoms with Gasteiger partial charge in [0.1, 0.15) is 5.82 Å². The van der Waals surface area contributed by atoms with E-state index in [0.29, 0.717) is 16.6 Å². The van der Waals surface area contributed by atoms with Crippen molar-refractivity contribution >= 4 is 17.2 Å². The van der Waals surface area contributed by atoms with Crippen LogP contribution in [0.4, 0.5) is 4.39 Å². The molecule has 1 aromatic rings. The van der Waals surface area contributed by atoms with E-state index in [1.807, 2.05) is 6.07 Å². The van der Waals surface area contributed by atoms with Gasteiger partial charge in [-0.3, -0.25) is 4.90 Å². The van der Waals surface area contributed by atoms with Gasteiger partial charge in [-0.15, -0.1) is 0 Å². The van der Waals surface area contributed by atoms with Crippen molar-refractivity contribution in [2.75, 3.05) is 7.05 Å². The number of likely N-dealkylation sites (N-methyl/N-ethyl adjacent to an activating group) is 1. The standard InChI is InChI=1S/C16H23FN2S/c1-11-10-12(8-9-14(11)17)15(16(18)20)19(2)13-6-4-3-5-7-13/h8-10,13,15H,3-7H2,1-2H3,(H2,18,20). The molecule has 0 saturated heterocycles. The lowest BCUT2D eigenvalue weighted by Gasteiger charge is -2.37. The van der Waals surface area contributed by atoms with Crippen LogP contribution in [-0.2, 0) is 0 Å². The fourth-order valence-electron chi connectivity index (χ4n) is 3.14. The van der Waals surface area contributed by atoms with Gasteiger partial charge in [-0.05, 0) is 44.0 Å². The predicted molar refractivity (Wildman–Crippen MR) is 85.3 cm³/mol. The van der Waals surface area contributed by atoms with Crippen molar-refractivity contribution in [1.82, 2.24) is 4.90 Å². The van der Waals surface area contributed by atoms with Gasteiger partial charge in [0.25, 0.3) is 0 Å². The molecule has 110 valence electrons. The first-order chi connectivity index (χ1) is 9.50. The van der Waals surface area contributed by atoms with Crippen molar-refractivity contribution in [2.45, 2.75) is 51.1 Å². The van der Waals surface area contributed by atoms with Gasteiger partial charge in [-0.25, -0.2) is 4.39 Å². The molecule has 1 fully saturated rings. The Labute approximate surface area is 126 Å². The lowest BCUT2D eigenvalue weighted by Crippen LogP contribution is -2.41. The molecule has 0 aliphatic heterocycles. The van der Waals surface area contributed by atoms with Crippen LogP contribution >= 0.6 is 12.2 Å². The van der Waals surface area contributed by atoms with Crippen LogP contribution in [0.2, 0.25) is 0 Å². The molecule has 1 aliphatic rings. The second-order valence-corrected chi connectivity index (χ2v) is 6.24. The minimum atomic E-state index is -0.184. The van der Waals surface area contributed by atoms with Gasteiger partial charge in [-0.2, -0.15) is 0 Å². The van der Waals surface area contributed by atoms with Crippen LogP contribution in [0.1, 0.15) is 49.3 Å². The van der Waals surface area contributed by atoms with Crippen LogP contribution in [0.3, 0.4) is 0 Å². The topological polar surface area (TPSA) is 29.3 Å². The maximum atomic E-state index is 13.4. The maximum absolute atomic E-state index is 13.4. The van der Waals surface area contributed by atoms with E-state index in [2.05, 4.69) is 11.9 Å². The molecule has 0 radical (unpaired) electrons. The molecule has 20 heavy (non-hydrogen) atoms. The summed E-state index contributed by atoms with van der Waals surface area (Å²) in [6.45, 7) is 1.77. The van der Waals surface area contributed by atoms with E-state index >= 15 is 0 Å². The van der Waals surface area contributed by atoms with E-state index < -0.39 is 0 Å². The van der Waals surface area contributed by atoms with Crippen molar-refractivity contribution in [3.63, 3.8) is 0 Å². The van der Waals surface area contributed by atoms with E-state index in [-0.39, 0.29) is 11.9 Å². The third kappa shape index (κ3) is 3.36. The molecule has 1 aliphatic carbocycles.